The van der Waals surface area contributed by atoms with E-state index in [0.29, 0.717) is 0 Å². The van der Waals surface area contributed by atoms with Crippen LogP contribution < -0.4 is 5.19 Å². The number of rotatable bonds is 6. The molecule has 0 bridgehead atoms. The quantitative estimate of drug-likeness (QED) is 0.491. The summed E-state index contributed by atoms with van der Waals surface area (Å²) in [5, 5.41) is 1.54. The van der Waals surface area contributed by atoms with Gasteiger partial charge in [0.1, 0.15) is 0 Å². The fourth-order valence-electron chi connectivity index (χ4n) is 1.68. The maximum atomic E-state index is 3.81. The van der Waals surface area contributed by atoms with Crippen LogP contribution in [0.4, 0.5) is 0 Å². The average molecular weight is 202 g/mol. The molecule has 0 aromatic heterocycles. The summed E-state index contributed by atoms with van der Waals surface area (Å²) in [7, 11) is -0.162. The molecule has 0 atom stereocenters. The Bertz CT molecular complexity index is 267. The van der Waals surface area contributed by atoms with Crippen LogP contribution in [-0.4, -0.2) is 9.52 Å². The van der Waals surface area contributed by atoms with Gasteiger partial charge in [-0.25, -0.2) is 0 Å². The van der Waals surface area contributed by atoms with Gasteiger partial charge < -0.3 is 0 Å². The zero-order valence-corrected chi connectivity index (χ0v) is 10.1. The lowest BCUT2D eigenvalue weighted by atomic mass is 10.2. The van der Waals surface area contributed by atoms with E-state index in [1.807, 2.05) is 12.2 Å². The minimum atomic E-state index is -0.162. The average Bonchev–Trinajstić information content (AvgIpc) is 2.20. The highest BCUT2D eigenvalue weighted by Gasteiger charge is 2.06. The molecule has 0 fully saturated rings. The lowest BCUT2D eigenvalue weighted by Gasteiger charge is -2.11. The first kappa shape index (κ1) is 11.0. The van der Waals surface area contributed by atoms with E-state index in [9.17, 15) is 0 Å². The van der Waals surface area contributed by atoms with Crippen molar-refractivity contribution >= 4 is 14.7 Å². The SMILES string of the molecule is C=CCC(CC=C)[SiH2]c1ccccc1. The molecule has 0 heterocycles. The summed E-state index contributed by atoms with van der Waals surface area (Å²) in [5.74, 6) is 0. The highest BCUT2D eigenvalue weighted by Crippen LogP contribution is 2.14. The van der Waals surface area contributed by atoms with Gasteiger partial charge in [0.15, 0.2) is 0 Å². The van der Waals surface area contributed by atoms with Crippen molar-refractivity contribution in [3.05, 3.63) is 55.6 Å². The first-order valence-corrected chi connectivity index (χ1v) is 6.65. The van der Waals surface area contributed by atoms with Crippen LogP contribution in [0, 0.1) is 0 Å². The Morgan fingerprint density at radius 2 is 1.64 bits per heavy atom. The fourth-order valence-corrected chi connectivity index (χ4v) is 3.70. The van der Waals surface area contributed by atoms with Crippen molar-refractivity contribution in [3.8, 4) is 0 Å². The fraction of sp³-hybridized carbons (Fsp3) is 0.231. The molecule has 0 saturated carbocycles. The molecule has 1 aromatic rings. The highest BCUT2D eigenvalue weighted by atomic mass is 28.2. The third-order valence-electron chi connectivity index (χ3n) is 2.37. The highest BCUT2D eigenvalue weighted by molar-refractivity contribution is 6.55. The van der Waals surface area contributed by atoms with Crippen molar-refractivity contribution in [2.75, 3.05) is 0 Å². The largest absolute Gasteiger partial charge is 0.103 e. The third kappa shape index (κ3) is 3.75. The molecular formula is C13H18Si. The zero-order valence-electron chi connectivity index (χ0n) is 8.65. The molecule has 0 radical (unpaired) electrons. The van der Waals surface area contributed by atoms with Gasteiger partial charge in [-0.2, -0.15) is 0 Å². The van der Waals surface area contributed by atoms with Crippen LogP contribution in [0.5, 0.6) is 0 Å². The lowest BCUT2D eigenvalue weighted by Crippen LogP contribution is -2.18. The van der Waals surface area contributed by atoms with Crippen LogP contribution >= 0.6 is 0 Å². The maximum absolute atomic E-state index is 3.81. The number of allylic oxidation sites excluding steroid dienone is 2. The second kappa shape index (κ2) is 6.38. The monoisotopic (exact) mass is 202 g/mol. The Hall–Kier alpha value is -1.08. The van der Waals surface area contributed by atoms with E-state index in [-0.39, 0.29) is 9.52 Å². The molecule has 0 aliphatic carbocycles. The Balaban J connectivity index is 2.54. The molecular weight excluding hydrogens is 184 g/mol. The van der Waals surface area contributed by atoms with Crippen LogP contribution in [0.3, 0.4) is 0 Å². The molecule has 0 aliphatic rings. The van der Waals surface area contributed by atoms with Gasteiger partial charge >= 0.3 is 0 Å². The predicted octanol–water partition coefficient (Wildman–Crippen LogP) is 2.42. The second-order valence-corrected chi connectivity index (χ2v) is 5.98. The van der Waals surface area contributed by atoms with Gasteiger partial charge in [0.2, 0.25) is 0 Å². The lowest BCUT2D eigenvalue weighted by molar-refractivity contribution is 0.859. The Kier molecular flexibility index (Phi) is 5.01. The van der Waals surface area contributed by atoms with Crippen LogP contribution in [0.2, 0.25) is 5.54 Å². The van der Waals surface area contributed by atoms with E-state index in [4.69, 9.17) is 0 Å². The standard InChI is InChI=1S/C13H18Si/c1-3-8-12(9-4-2)14-13-10-6-5-7-11-13/h3-7,10-12H,1-2,8-9,14H2. The van der Waals surface area contributed by atoms with Gasteiger partial charge in [0.25, 0.3) is 0 Å². The van der Waals surface area contributed by atoms with E-state index in [1.54, 1.807) is 5.19 Å². The summed E-state index contributed by atoms with van der Waals surface area (Å²) >= 11 is 0. The predicted molar refractivity (Wildman–Crippen MR) is 68.0 cm³/mol. The number of benzene rings is 1. The van der Waals surface area contributed by atoms with Gasteiger partial charge in [-0.1, -0.05) is 47.7 Å². The van der Waals surface area contributed by atoms with Crippen LogP contribution in [0.15, 0.2) is 55.6 Å². The molecule has 74 valence electrons. The van der Waals surface area contributed by atoms with Gasteiger partial charge in [0, 0.05) is 0 Å². The molecule has 0 amide bonds. The van der Waals surface area contributed by atoms with E-state index < -0.39 is 0 Å². The molecule has 0 nitrogen and oxygen atoms in total. The Morgan fingerprint density at radius 1 is 1.07 bits per heavy atom. The van der Waals surface area contributed by atoms with Gasteiger partial charge in [-0.05, 0) is 18.4 Å². The summed E-state index contributed by atoms with van der Waals surface area (Å²) in [6, 6.07) is 10.8. The number of hydrogen-bond donors (Lipinski definition) is 0. The second-order valence-electron chi connectivity index (χ2n) is 3.60. The summed E-state index contributed by atoms with van der Waals surface area (Å²) < 4.78 is 0. The molecule has 0 unspecified atom stereocenters. The molecule has 0 spiro atoms. The van der Waals surface area contributed by atoms with Crippen LogP contribution in [-0.2, 0) is 0 Å². The molecule has 0 saturated heterocycles. The Morgan fingerprint density at radius 3 is 2.14 bits per heavy atom. The first-order chi connectivity index (χ1) is 6.86. The van der Waals surface area contributed by atoms with Crippen molar-refractivity contribution in [1.29, 1.82) is 0 Å². The van der Waals surface area contributed by atoms with Crippen LogP contribution in [0.1, 0.15) is 12.8 Å². The number of hydrogen-bond acceptors (Lipinski definition) is 0. The smallest absolute Gasteiger partial charge is 0.0584 e. The van der Waals surface area contributed by atoms with Gasteiger partial charge in [-0.15, -0.1) is 13.2 Å². The summed E-state index contributed by atoms with van der Waals surface area (Å²) in [6.45, 7) is 7.62. The third-order valence-corrected chi connectivity index (χ3v) is 4.55. The van der Waals surface area contributed by atoms with Gasteiger partial charge in [-0.3, -0.25) is 0 Å². The van der Waals surface area contributed by atoms with Crippen molar-refractivity contribution < 1.29 is 0 Å². The summed E-state index contributed by atoms with van der Waals surface area (Å²) in [4.78, 5) is 0. The molecule has 0 N–H and O–H groups in total. The van der Waals surface area contributed by atoms with E-state index in [0.717, 1.165) is 18.4 Å². The van der Waals surface area contributed by atoms with Crippen LogP contribution in [0.25, 0.3) is 0 Å². The minimum absolute atomic E-state index is 0.162. The maximum Gasteiger partial charge on any atom is 0.0584 e. The molecule has 0 aliphatic heterocycles. The van der Waals surface area contributed by atoms with Gasteiger partial charge in [0.05, 0.1) is 9.52 Å². The molecule has 1 rings (SSSR count). The normalized spacial score (nSPS) is 10.9. The van der Waals surface area contributed by atoms with Crippen molar-refractivity contribution in [2.45, 2.75) is 18.4 Å². The molecule has 1 heteroatoms. The Labute approximate surface area is 89.2 Å². The summed E-state index contributed by atoms with van der Waals surface area (Å²) in [5.41, 5.74) is 0.799. The zero-order chi connectivity index (χ0) is 10.2. The van der Waals surface area contributed by atoms with E-state index in [2.05, 4.69) is 43.5 Å². The van der Waals surface area contributed by atoms with E-state index >= 15 is 0 Å². The first-order valence-electron chi connectivity index (χ1n) is 5.12. The summed E-state index contributed by atoms with van der Waals surface area (Å²) in [6.07, 6.45) is 6.33. The van der Waals surface area contributed by atoms with Crippen molar-refractivity contribution in [1.82, 2.24) is 0 Å². The topological polar surface area (TPSA) is 0 Å². The molecule has 1 aromatic carbocycles. The van der Waals surface area contributed by atoms with E-state index in [1.165, 1.54) is 0 Å². The minimum Gasteiger partial charge on any atom is -0.103 e. The molecule has 14 heavy (non-hydrogen) atoms. The van der Waals surface area contributed by atoms with Crippen molar-refractivity contribution in [3.63, 3.8) is 0 Å². The van der Waals surface area contributed by atoms with Crippen molar-refractivity contribution in [2.24, 2.45) is 0 Å².